The van der Waals surface area contributed by atoms with E-state index in [1.165, 1.54) is 12.8 Å². The van der Waals surface area contributed by atoms with Crippen molar-refractivity contribution in [1.82, 2.24) is 24.7 Å². The van der Waals surface area contributed by atoms with Gasteiger partial charge in [0.15, 0.2) is 5.58 Å². The average Bonchev–Trinajstić information content (AvgIpc) is 3.93. The van der Waals surface area contributed by atoms with Crippen LogP contribution in [0.15, 0.2) is 57.4 Å². The Morgan fingerprint density at radius 3 is 2.22 bits per heavy atom. The molecule has 1 atom stereocenters. The Morgan fingerprint density at radius 1 is 0.882 bits per heavy atom. The van der Waals surface area contributed by atoms with Crippen LogP contribution < -0.4 is 0 Å². The first-order chi connectivity index (χ1) is 24.8. The van der Waals surface area contributed by atoms with Crippen LogP contribution in [0, 0.1) is 25.2 Å². The predicted octanol–water partition coefficient (Wildman–Crippen LogP) is 6.68. The van der Waals surface area contributed by atoms with Crippen LogP contribution in [0.4, 0.5) is 0 Å². The highest BCUT2D eigenvalue weighted by molar-refractivity contribution is 5.86. The van der Waals surface area contributed by atoms with Crippen LogP contribution in [-0.2, 0) is 29.2 Å². The van der Waals surface area contributed by atoms with Crippen molar-refractivity contribution in [2.24, 2.45) is 0 Å². The second-order valence-corrected chi connectivity index (χ2v) is 14.0. The van der Waals surface area contributed by atoms with Crippen molar-refractivity contribution in [3.05, 3.63) is 82.2 Å². The molecule has 3 aromatic carbocycles. The fraction of sp³-hybridized carbons (Fsp3) is 0.375. The van der Waals surface area contributed by atoms with Crippen molar-refractivity contribution < 1.29 is 23.5 Å². The lowest BCUT2D eigenvalue weighted by Gasteiger charge is -2.33. The number of aromatic nitrogens is 2. The van der Waals surface area contributed by atoms with E-state index in [0.717, 1.165) is 77.1 Å². The van der Waals surface area contributed by atoms with E-state index in [2.05, 4.69) is 36.9 Å². The average molecular weight is 685 g/mol. The Morgan fingerprint density at radius 2 is 1.55 bits per heavy atom. The normalized spacial score (nSPS) is 18.0. The summed E-state index contributed by atoms with van der Waals surface area (Å²) in [6.45, 7) is 8.40. The summed E-state index contributed by atoms with van der Waals surface area (Å²) >= 11 is 0. The van der Waals surface area contributed by atoms with E-state index in [1.807, 2.05) is 36.4 Å². The molecule has 1 amide bonds. The van der Waals surface area contributed by atoms with Gasteiger partial charge in [0.05, 0.1) is 25.2 Å². The van der Waals surface area contributed by atoms with Crippen molar-refractivity contribution in [3.8, 4) is 40.1 Å². The zero-order valence-electron chi connectivity index (χ0n) is 28.9. The van der Waals surface area contributed by atoms with Crippen molar-refractivity contribution in [2.75, 3.05) is 26.2 Å². The lowest BCUT2D eigenvalue weighted by molar-refractivity contribution is -0.146. The summed E-state index contributed by atoms with van der Waals surface area (Å²) in [6.07, 6.45) is 4.73. The molecule has 5 heterocycles. The number of carbonyl (C=O) groups is 2. The first-order valence-electron chi connectivity index (χ1n) is 17.8. The minimum Gasteiger partial charge on any atom is -0.480 e. The highest BCUT2D eigenvalue weighted by Crippen LogP contribution is 2.39. The van der Waals surface area contributed by atoms with Gasteiger partial charge in [-0.25, -0.2) is 9.97 Å². The van der Waals surface area contributed by atoms with Gasteiger partial charge in [0, 0.05) is 17.7 Å². The summed E-state index contributed by atoms with van der Waals surface area (Å²) in [5.41, 5.74) is 9.28. The van der Waals surface area contributed by atoms with Crippen LogP contribution in [0.25, 0.3) is 45.1 Å². The van der Waals surface area contributed by atoms with Crippen LogP contribution in [0.3, 0.4) is 0 Å². The van der Waals surface area contributed by atoms with Gasteiger partial charge in [0.1, 0.15) is 29.1 Å². The first kappa shape index (κ1) is 32.9. The molecular weight excluding hydrogens is 644 g/mol. The van der Waals surface area contributed by atoms with Gasteiger partial charge in [-0.15, -0.1) is 0 Å². The number of hydrogen-bond donors (Lipinski definition) is 1. The van der Waals surface area contributed by atoms with Gasteiger partial charge in [0.25, 0.3) is 0 Å². The van der Waals surface area contributed by atoms with Crippen LogP contribution in [-0.4, -0.2) is 73.9 Å². The largest absolute Gasteiger partial charge is 0.480 e. The standard InChI is InChI=1S/C40H40N6O5/c1-24-28(9-7-11-30(24)38-43-33-21-46(22-35(33)50-38)36(47)23-45-16-4-3-13-34(45)40(48)49)29-10-8-12-31(25(29)2)39-42-32-18-26(20-44-14-5-6-15-44)17-27(19-41)37(32)51-39/h7-12,17-18,34H,3-6,13-16,20-23H2,1-2H3,(H,48,49). The fourth-order valence-electron chi connectivity index (χ4n) is 7.96. The number of benzene rings is 3. The molecule has 0 spiro atoms. The number of carboxylic acids is 1. The van der Waals surface area contributed by atoms with E-state index in [0.29, 0.717) is 60.3 Å². The first-order valence-corrected chi connectivity index (χ1v) is 17.8. The highest BCUT2D eigenvalue weighted by Gasteiger charge is 2.34. The van der Waals surface area contributed by atoms with Crippen LogP contribution in [0.5, 0.6) is 0 Å². The number of oxazole rings is 2. The molecule has 1 N–H and O–H groups in total. The number of rotatable bonds is 8. The summed E-state index contributed by atoms with van der Waals surface area (Å²) in [4.78, 5) is 40.5. The summed E-state index contributed by atoms with van der Waals surface area (Å²) in [5, 5.41) is 19.6. The summed E-state index contributed by atoms with van der Waals surface area (Å²) in [5.74, 6) is 0.663. The SMILES string of the molecule is Cc1c(-c2nc3c(o2)CN(C(=O)CN2CCCCC2C(=O)O)C3)cccc1-c1cccc(-c2nc3cc(CN4CCCC4)cc(C#N)c3o2)c1C. The molecular formula is C40H40N6O5. The van der Waals surface area contributed by atoms with E-state index in [1.54, 1.807) is 9.80 Å². The third-order valence-electron chi connectivity index (χ3n) is 10.7. The van der Waals surface area contributed by atoms with Gasteiger partial charge in [0.2, 0.25) is 17.7 Å². The van der Waals surface area contributed by atoms with Crippen molar-refractivity contribution in [2.45, 2.75) is 71.6 Å². The molecule has 51 heavy (non-hydrogen) atoms. The monoisotopic (exact) mass is 684 g/mol. The maximum absolute atomic E-state index is 13.2. The minimum atomic E-state index is -0.872. The van der Waals surface area contributed by atoms with E-state index in [9.17, 15) is 20.0 Å². The molecule has 2 fully saturated rings. The second kappa shape index (κ2) is 13.4. The topological polar surface area (TPSA) is 140 Å². The molecule has 3 aliphatic rings. The third-order valence-corrected chi connectivity index (χ3v) is 10.7. The number of carbonyl (C=O) groups excluding carboxylic acids is 1. The van der Waals surface area contributed by atoms with Crippen LogP contribution in [0.2, 0.25) is 0 Å². The Balaban J connectivity index is 1.03. The van der Waals surface area contributed by atoms with Crippen LogP contribution in [0.1, 0.15) is 65.8 Å². The molecule has 11 nitrogen and oxygen atoms in total. The number of nitriles is 1. The molecule has 0 radical (unpaired) electrons. The number of carboxylic acid groups (broad SMARTS) is 1. The number of aliphatic carboxylic acids is 1. The van der Waals surface area contributed by atoms with E-state index >= 15 is 0 Å². The lowest BCUT2D eigenvalue weighted by atomic mass is 9.91. The van der Waals surface area contributed by atoms with Gasteiger partial charge in [-0.2, -0.15) is 5.26 Å². The number of hydrogen-bond acceptors (Lipinski definition) is 9. The van der Waals surface area contributed by atoms with Gasteiger partial charge in [-0.1, -0.05) is 30.7 Å². The van der Waals surface area contributed by atoms with Gasteiger partial charge in [-0.3, -0.25) is 19.4 Å². The molecule has 1 unspecified atom stereocenters. The molecule has 0 saturated carbocycles. The molecule has 260 valence electrons. The molecule has 2 aromatic heterocycles. The third kappa shape index (κ3) is 6.19. The van der Waals surface area contributed by atoms with E-state index in [-0.39, 0.29) is 12.5 Å². The molecule has 2 saturated heterocycles. The van der Waals surface area contributed by atoms with Crippen molar-refractivity contribution >= 4 is 23.0 Å². The predicted molar refractivity (Wildman–Crippen MR) is 190 cm³/mol. The molecule has 8 rings (SSSR count). The Bertz CT molecular complexity index is 2180. The zero-order chi connectivity index (χ0) is 35.2. The second-order valence-electron chi connectivity index (χ2n) is 14.0. The zero-order valence-corrected chi connectivity index (χ0v) is 28.9. The van der Waals surface area contributed by atoms with Gasteiger partial charge < -0.3 is 18.8 Å². The van der Waals surface area contributed by atoms with Gasteiger partial charge in [-0.05, 0) is 111 Å². The number of nitrogens with zero attached hydrogens (tertiary/aromatic N) is 6. The number of amides is 1. The Labute approximate surface area is 296 Å². The van der Waals surface area contributed by atoms with Crippen molar-refractivity contribution in [3.63, 3.8) is 0 Å². The molecule has 3 aliphatic heterocycles. The Hall–Kier alpha value is -5.31. The minimum absolute atomic E-state index is 0.0798. The number of fused-ring (bicyclic) bond motifs is 2. The van der Waals surface area contributed by atoms with Crippen molar-refractivity contribution in [1.29, 1.82) is 5.26 Å². The summed E-state index contributed by atoms with van der Waals surface area (Å²) in [7, 11) is 0. The lowest BCUT2D eigenvalue weighted by Crippen LogP contribution is -2.49. The van der Waals surface area contributed by atoms with E-state index in [4.69, 9.17) is 18.8 Å². The Kier molecular flexibility index (Phi) is 8.66. The number of likely N-dealkylation sites (tertiary alicyclic amines) is 2. The highest BCUT2D eigenvalue weighted by atomic mass is 16.4. The molecule has 0 aliphatic carbocycles. The summed E-state index contributed by atoms with van der Waals surface area (Å²) in [6, 6.07) is 17.8. The van der Waals surface area contributed by atoms with Crippen LogP contribution >= 0.6 is 0 Å². The van der Waals surface area contributed by atoms with E-state index < -0.39 is 12.0 Å². The molecule has 0 bridgehead atoms. The summed E-state index contributed by atoms with van der Waals surface area (Å²) < 4.78 is 12.6. The maximum Gasteiger partial charge on any atom is 0.320 e. The quantitative estimate of drug-likeness (QED) is 0.188. The number of piperidine rings is 1. The molecule has 5 aromatic rings. The molecule has 11 heteroatoms. The maximum atomic E-state index is 13.2. The fourth-order valence-corrected chi connectivity index (χ4v) is 7.96. The smallest absolute Gasteiger partial charge is 0.320 e. The van der Waals surface area contributed by atoms with Gasteiger partial charge >= 0.3 is 5.97 Å².